The molecule has 0 aliphatic heterocycles. The highest BCUT2D eigenvalue weighted by molar-refractivity contribution is 7.98. The minimum absolute atomic E-state index is 0.0281. The molecule has 0 atom stereocenters. The van der Waals surface area contributed by atoms with Gasteiger partial charge in [-0.2, -0.15) is 0 Å². The van der Waals surface area contributed by atoms with Crippen LogP contribution in [0.3, 0.4) is 0 Å². The fraction of sp³-hybridized carbons (Fsp3) is 0.292. The molecule has 3 rings (SSSR count). The number of aromatic amines is 1. The summed E-state index contributed by atoms with van der Waals surface area (Å²) in [5.74, 6) is 1.28. The van der Waals surface area contributed by atoms with Crippen molar-refractivity contribution in [1.29, 1.82) is 0 Å². The summed E-state index contributed by atoms with van der Waals surface area (Å²) in [5, 5.41) is 3.43. The Morgan fingerprint density at radius 1 is 1.13 bits per heavy atom. The molecule has 31 heavy (non-hydrogen) atoms. The topological polar surface area (TPSA) is 84.1 Å². The summed E-state index contributed by atoms with van der Waals surface area (Å²) >= 11 is 1.44. The maximum atomic E-state index is 12.5. The Kier molecular flexibility index (Phi) is 8.29. The Bertz CT molecular complexity index is 1070. The van der Waals surface area contributed by atoms with Crippen LogP contribution in [0.25, 0.3) is 0 Å². The minimum Gasteiger partial charge on any atom is -0.497 e. The highest BCUT2D eigenvalue weighted by atomic mass is 32.2. The molecule has 2 aromatic carbocycles. The molecule has 0 aliphatic rings. The molecule has 0 spiro atoms. The van der Waals surface area contributed by atoms with Crippen molar-refractivity contribution >= 4 is 17.7 Å². The molecule has 0 fully saturated rings. The van der Waals surface area contributed by atoms with Crippen LogP contribution in [0.1, 0.15) is 28.8 Å². The number of carbonyl (C=O) groups is 1. The molecule has 0 saturated carbocycles. The van der Waals surface area contributed by atoms with Crippen molar-refractivity contribution in [3.05, 3.63) is 87.3 Å². The molecule has 162 valence electrons. The lowest BCUT2D eigenvalue weighted by molar-refractivity contribution is -0.120. The van der Waals surface area contributed by atoms with Crippen LogP contribution in [0.2, 0.25) is 0 Å². The Balaban J connectivity index is 1.51. The average Bonchev–Trinajstić information content (AvgIpc) is 2.78. The number of nitrogens with zero attached hydrogens (tertiary/aromatic N) is 1. The predicted molar refractivity (Wildman–Crippen MR) is 124 cm³/mol. The number of carbonyl (C=O) groups excluding carboxylic acids is 1. The summed E-state index contributed by atoms with van der Waals surface area (Å²) in [6.07, 6.45) is 1.78. The third kappa shape index (κ3) is 7.00. The largest absolute Gasteiger partial charge is 0.497 e. The third-order valence-electron chi connectivity index (χ3n) is 4.85. The number of aryl methyl sites for hydroxylation is 2. The highest BCUT2D eigenvalue weighted by Gasteiger charge is 2.13. The fourth-order valence-electron chi connectivity index (χ4n) is 3.16. The maximum absolute atomic E-state index is 12.5. The lowest BCUT2D eigenvalue weighted by atomic mass is 10.1. The summed E-state index contributed by atoms with van der Waals surface area (Å²) in [6.45, 7) is 2.34. The van der Waals surface area contributed by atoms with Crippen LogP contribution in [0, 0.1) is 6.92 Å². The number of hydrogen-bond acceptors (Lipinski definition) is 5. The first-order valence-corrected chi connectivity index (χ1v) is 11.2. The van der Waals surface area contributed by atoms with Gasteiger partial charge in [0.2, 0.25) is 5.91 Å². The van der Waals surface area contributed by atoms with Gasteiger partial charge in [0, 0.05) is 23.6 Å². The summed E-state index contributed by atoms with van der Waals surface area (Å²) < 4.78 is 5.23. The van der Waals surface area contributed by atoms with Gasteiger partial charge in [0.25, 0.3) is 5.56 Å². The van der Waals surface area contributed by atoms with Crippen molar-refractivity contribution in [2.24, 2.45) is 0 Å². The van der Waals surface area contributed by atoms with Gasteiger partial charge in [0.15, 0.2) is 5.16 Å². The number of thioether (sulfide) groups is 1. The van der Waals surface area contributed by atoms with E-state index < -0.39 is 0 Å². The molecule has 0 radical (unpaired) electrons. The zero-order valence-electron chi connectivity index (χ0n) is 17.8. The molecule has 1 aromatic heterocycles. The summed E-state index contributed by atoms with van der Waals surface area (Å²) in [6, 6.07) is 17.9. The van der Waals surface area contributed by atoms with Crippen molar-refractivity contribution in [3.63, 3.8) is 0 Å². The van der Waals surface area contributed by atoms with Crippen LogP contribution in [0.4, 0.5) is 0 Å². The van der Waals surface area contributed by atoms with E-state index in [4.69, 9.17) is 4.74 Å². The van der Waals surface area contributed by atoms with Gasteiger partial charge in [-0.1, -0.05) is 54.2 Å². The SMILES string of the molecule is COc1cccc(CSc2nc(C)c(CC(=O)NCCCc3ccccc3)c(=O)[nH]2)c1. The zero-order chi connectivity index (χ0) is 22.1. The second-order valence-corrected chi connectivity index (χ2v) is 8.16. The lowest BCUT2D eigenvalue weighted by Crippen LogP contribution is -2.30. The van der Waals surface area contributed by atoms with Crippen LogP contribution in [-0.4, -0.2) is 29.5 Å². The average molecular weight is 438 g/mol. The number of ether oxygens (including phenoxy) is 1. The van der Waals surface area contributed by atoms with Crippen LogP contribution in [0.15, 0.2) is 64.5 Å². The van der Waals surface area contributed by atoms with Crippen molar-refractivity contribution in [3.8, 4) is 5.75 Å². The summed E-state index contributed by atoms with van der Waals surface area (Å²) in [4.78, 5) is 32.1. The summed E-state index contributed by atoms with van der Waals surface area (Å²) in [7, 11) is 1.63. The van der Waals surface area contributed by atoms with Crippen LogP contribution in [-0.2, 0) is 23.4 Å². The molecule has 6 nitrogen and oxygen atoms in total. The first-order chi connectivity index (χ1) is 15.0. The fourth-order valence-corrected chi connectivity index (χ4v) is 4.01. The van der Waals surface area contributed by atoms with E-state index in [9.17, 15) is 9.59 Å². The van der Waals surface area contributed by atoms with E-state index in [1.165, 1.54) is 17.3 Å². The molecule has 0 aliphatic carbocycles. The van der Waals surface area contributed by atoms with Crippen LogP contribution >= 0.6 is 11.8 Å². The predicted octanol–water partition coefficient (Wildman–Crippen LogP) is 3.67. The van der Waals surface area contributed by atoms with Gasteiger partial charge in [-0.3, -0.25) is 9.59 Å². The van der Waals surface area contributed by atoms with Gasteiger partial charge in [-0.05, 0) is 43.0 Å². The number of rotatable bonds is 10. The lowest BCUT2D eigenvalue weighted by Gasteiger charge is -2.09. The highest BCUT2D eigenvalue weighted by Crippen LogP contribution is 2.21. The van der Waals surface area contributed by atoms with Gasteiger partial charge in [0.05, 0.1) is 13.5 Å². The number of methoxy groups -OCH3 is 1. The molecule has 1 heterocycles. The van der Waals surface area contributed by atoms with Gasteiger partial charge in [0.1, 0.15) is 5.75 Å². The van der Waals surface area contributed by atoms with Crippen molar-refractivity contribution in [2.75, 3.05) is 13.7 Å². The van der Waals surface area contributed by atoms with E-state index in [0.717, 1.165) is 24.2 Å². The van der Waals surface area contributed by atoms with E-state index in [1.807, 2.05) is 42.5 Å². The Labute approximate surface area is 186 Å². The Hall–Kier alpha value is -3.06. The normalized spacial score (nSPS) is 10.6. The zero-order valence-corrected chi connectivity index (χ0v) is 18.6. The number of aromatic nitrogens is 2. The van der Waals surface area contributed by atoms with Crippen molar-refractivity contribution < 1.29 is 9.53 Å². The molecule has 7 heteroatoms. The molecule has 1 amide bonds. The summed E-state index contributed by atoms with van der Waals surface area (Å²) in [5.41, 5.74) is 3.04. The van der Waals surface area contributed by atoms with Crippen LogP contribution in [0.5, 0.6) is 5.75 Å². The van der Waals surface area contributed by atoms with E-state index in [0.29, 0.717) is 28.7 Å². The van der Waals surface area contributed by atoms with Crippen LogP contribution < -0.4 is 15.6 Å². The second kappa shape index (κ2) is 11.4. The Morgan fingerprint density at radius 2 is 1.90 bits per heavy atom. The van der Waals surface area contributed by atoms with Crippen molar-refractivity contribution in [2.45, 2.75) is 37.1 Å². The van der Waals surface area contributed by atoms with Gasteiger partial charge >= 0.3 is 0 Å². The number of benzene rings is 2. The molecule has 0 unspecified atom stereocenters. The molecule has 0 bridgehead atoms. The quantitative estimate of drug-likeness (QED) is 0.287. The number of amides is 1. The van der Waals surface area contributed by atoms with Gasteiger partial charge in [-0.25, -0.2) is 4.98 Å². The molecular weight excluding hydrogens is 410 g/mol. The van der Waals surface area contributed by atoms with E-state index in [2.05, 4.69) is 27.4 Å². The smallest absolute Gasteiger partial charge is 0.255 e. The number of nitrogens with one attached hydrogen (secondary N) is 2. The van der Waals surface area contributed by atoms with Crippen molar-refractivity contribution in [1.82, 2.24) is 15.3 Å². The number of H-pyrrole nitrogens is 1. The standard InChI is InChI=1S/C24H27N3O3S/c1-17-21(15-22(28)25-13-7-11-18-8-4-3-5-9-18)23(29)27-24(26-17)31-16-19-10-6-12-20(14-19)30-2/h3-6,8-10,12,14H,7,11,13,15-16H2,1-2H3,(H,25,28)(H,26,27,29). The molecule has 2 N–H and O–H groups in total. The first kappa shape index (κ1) is 22.6. The monoisotopic (exact) mass is 437 g/mol. The maximum Gasteiger partial charge on any atom is 0.255 e. The molecule has 0 saturated heterocycles. The van der Waals surface area contributed by atoms with E-state index in [-0.39, 0.29) is 17.9 Å². The first-order valence-electron chi connectivity index (χ1n) is 10.2. The number of hydrogen-bond donors (Lipinski definition) is 2. The van der Waals surface area contributed by atoms with E-state index >= 15 is 0 Å². The van der Waals surface area contributed by atoms with Gasteiger partial charge in [-0.15, -0.1) is 0 Å². The van der Waals surface area contributed by atoms with Gasteiger partial charge < -0.3 is 15.0 Å². The second-order valence-electron chi connectivity index (χ2n) is 7.19. The van der Waals surface area contributed by atoms with E-state index in [1.54, 1.807) is 14.0 Å². The molecular formula is C24H27N3O3S. The third-order valence-corrected chi connectivity index (χ3v) is 5.80. The molecule has 3 aromatic rings. The minimum atomic E-state index is -0.264. The Morgan fingerprint density at radius 3 is 2.65 bits per heavy atom.